The van der Waals surface area contributed by atoms with Crippen LogP contribution >= 0.6 is 11.3 Å². The molecule has 0 fully saturated rings. The first-order valence-electron chi connectivity index (χ1n) is 6.10. The highest BCUT2D eigenvalue weighted by Crippen LogP contribution is 2.15. The van der Waals surface area contributed by atoms with Crippen LogP contribution in [-0.4, -0.2) is 35.6 Å². The van der Waals surface area contributed by atoms with E-state index >= 15 is 0 Å². The molecule has 1 heterocycles. The average Bonchev–Trinajstić information content (AvgIpc) is 2.79. The highest BCUT2D eigenvalue weighted by atomic mass is 32.1. The van der Waals surface area contributed by atoms with E-state index in [1.54, 1.807) is 11.4 Å². The van der Waals surface area contributed by atoms with Crippen LogP contribution in [0.25, 0.3) is 0 Å². The number of hydrogen-bond donors (Lipinski definition) is 3. The molecule has 0 atom stereocenters. The summed E-state index contributed by atoms with van der Waals surface area (Å²) < 4.78 is 0. The van der Waals surface area contributed by atoms with Crippen molar-refractivity contribution in [2.75, 3.05) is 13.2 Å². The molecule has 108 valence electrons. The van der Waals surface area contributed by atoms with Gasteiger partial charge < -0.3 is 15.7 Å². The molecule has 0 spiro atoms. The first-order valence-corrected chi connectivity index (χ1v) is 6.98. The minimum Gasteiger partial charge on any atom is -0.384 e. The Morgan fingerprint density at radius 2 is 2.10 bits per heavy atom. The first-order chi connectivity index (χ1) is 9.33. The van der Waals surface area contributed by atoms with Gasteiger partial charge in [-0.3, -0.25) is 9.59 Å². The summed E-state index contributed by atoms with van der Waals surface area (Å²) in [5, 5.41) is 15.7. The van der Waals surface area contributed by atoms with E-state index in [1.165, 1.54) is 11.3 Å². The molecule has 1 rings (SSSR count). The summed E-state index contributed by atoms with van der Waals surface area (Å²) in [6.07, 6.45) is 0. The number of rotatable bonds is 3. The average molecular weight is 294 g/mol. The summed E-state index contributed by atoms with van der Waals surface area (Å²) in [5.41, 5.74) is 0.223. The highest BCUT2D eigenvalue weighted by Gasteiger charge is 2.16. The van der Waals surface area contributed by atoms with Crippen molar-refractivity contribution in [1.29, 1.82) is 0 Å². The zero-order chi connectivity index (χ0) is 15.2. The molecule has 6 heteroatoms. The van der Waals surface area contributed by atoms with Crippen LogP contribution in [-0.2, 0) is 4.79 Å². The molecule has 0 aromatic carbocycles. The van der Waals surface area contributed by atoms with E-state index < -0.39 is 0 Å². The number of thiophene rings is 1. The number of carbonyl (C=O) groups is 2. The Kier molecular flexibility index (Phi) is 5.74. The molecule has 1 aromatic rings. The zero-order valence-corrected chi connectivity index (χ0v) is 12.6. The topological polar surface area (TPSA) is 78.4 Å². The SMILES string of the molecule is CC(C)(C)NC(=O)CNC(=O)c1sccc1C#CCO. The Labute approximate surface area is 122 Å². The van der Waals surface area contributed by atoms with Crippen LogP contribution in [0.3, 0.4) is 0 Å². The highest BCUT2D eigenvalue weighted by molar-refractivity contribution is 7.12. The minimum absolute atomic E-state index is 0.0825. The predicted octanol–water partition coefficient (Wildman–Crippen LogP) is 0.736. The molecule has 0 radical (unpaired) electrons. The lowest BCUT2D eigenvalue weighted by Gasteiger charge is -2.20. The zero-order valence-electron chi connectivity index (χ0n) is 11.7. The lowest BCUT2D eigenvalue weighted by molar-refractivity contribution is -0.121. The fourth-order valence-electron chi connectivity index (χ4n) is 1.42. The van der Waals surface area contributed by atoms with E-state index in [0.29, 0.717) is 10.4 Å². The number of aliphatic hydroxyl groups excluding tert-OH is 1. The van der Waals surface area contributed by atoms with Crippen molar-refractivity contribution in [3.8, 4) is 11.8 Å². The smallest absolute Gasteiger partial charge is 0.263 e. The van der Waals surface area contributed by atoms with E-state index in [1.807, 2.05) is 20.8 Å². The second-order valence-electron chi connectivity index (χ2n) is 5.10. The maximum Gasteiger partial charge on any atom is 0.263 e. The van der Waals surface area contributed by atoms with E-state index in [2.05, 4.69) is 22.5 Å². The molecule has 0 aliphatic carbocycles. The molecular weight excluding hydrogens is 276 g/mol. The Hall–Kier alpha value is -1.84. The Bertz CT molecular complexity index is 547. The quantitative estimate of drug-likeness (QED) is 0.719. The summed E-state index contributed by atoms with van der Waals surface area (Å²) >= 11 is 1.25. The molecular formula is C14H18N2O3S. The van der Waals surface area contributed by atoms with Gasteiger partial charge in [-0.05, 0) is 32.2 Å². The van der Waals surface area contributed by atoms with Crippen molar-refractivity contribution in [2.45, 2.75) is 26.3 Å². The molecule has 0 aliphatic heterocycles. The largest absolute Gasteiger partial charge is 0.384 e. The van der Waals surface area contributed by atoms with Crippen molar-refractivity contribution in [3.05, 3.63) is 21.9 Å². The van der Waals surface area contributed by atoms with Gasteiger partial charge >= 0.3 is 0 Å². The molecule has 0 saturated carbocycles. The second-order valence-corrected chi connectivity index (χ2v) is 6.02. The molecule has 1 aromatic heterocycles. The van der Waals surface area contributed by atoms with Gasteiger partial charge in [0.15, 0.2) is 0 Å². The van der Waals surface area contributed by atoms with Gasteiger partial charge in [-0.2, -0.15) is 0 Å². The summed E-state index contributed by atoms with van der Waals surface area (Å²) in [6, 6.07) is 1.71. The van der Waals surface area contributed by atoms with Crippen LogP contribution in [0.4, 0.5) is 0 Å². The van der Waals surface area contributed by atoms with E-state index in [4.69, 9.17) is 5.11 Å². The molecule has 3 N–H and O–H groups in total. The fourth-order valence-corrected chi connectivity index (χ4v) is 2.19. The number of amides is 2. The first kappa shape index (κ1) is 16.2. The number of carbonyl (C=O) groups excluding carboxylic acids is 2. The third kappa shape index (κ3) is 5.43. The second kappa shape index (κ2) is 7.08. The molecule has 5 nitrogen and oxygen atoms in total. The summed E-state index contributed by atoms with van der Waals surface area (Å²) in [6.45, 7) is 5.27. The van der Waals surface area contributed by atoms with Crippen LogP contribution in [0.15, 0.2) is 11.4 Å². The van der Waals surface area contributed by atoms with Crippen LogP contribution in [0.1, 0.15) is 36.0 Å². The van der Waals surface area contributed by atoms with E-state index in [-0.39, 0.29) is 30.5 Å². The standard InChI is InChI=1S/C14H18N2O3S/c1-14(2,3)16-11(18)9-15-13(19)12-10(5-4-7-17)6-8-20-12/h6,8,17H,7,9H2,1-3H3,(H,15,19)(H,16,18). The van der Waals surface area contributed by atoms with Crippen LogP contribution < -0.4 is 10.6 Å². The van der Waals surface area contributed by atoms with Crippen molar-refractivity contribution in [2.24, 2.45) is 0 Å². The van der Waals surface area contributed by atoms with Gasteiger partial charge in [0.1, 0.15) is 11.5 Å². The van der Waals surface area contributed by atoms with Crippen molar-refractivity contribution < 1.29 is 14.7 Å². The van der Waals surface area contributed by atoms with Crippen molar-refractivity contribution >= 4 is 23.2 Å². The third-order valence-electron chi connectivity index (χ3n) is 2.10. The Morgan fingerprint density at radius 3 is 2.70 bits per heavy atom. The van der Waals surface area contributed by atoms with E-state index in [0.717, 1.165) is 0 Å². The summed E-state index contributed by atoms with van der Waals surface area (Å²) in [4.78, 5) is 24.0. The number of aliphatic hydroxyl groups is 1. The van der Waals surface area contributed by atoms with Gasteiger partial charge in [0.2, 0.25) is 5.91 Å². The van der Waals surface area contributed by atoms with Crippen LogP contribution in [0.2, 0.25) is 0 Å². The van der Waals surface area contributed by atoms with Gasteiger partial charge in [-0.25, -0.2) is 0 Å². The molecule has 2 amide bonds. The molecule has 0 bridgehead atoms. The maximum atomic E-state index is 11.9. The summed E-state index contributed by atoms with van der Waals surface area (Å²) in [5.74, 6) is 4.61. The molecule has 20 heavy (non-hydrogen) atoms. The normalized spacial score (nSPS) is 10.4. The molecule has 0 aliphatic rings. The lowest BCUT2D eigenvalue weighted by Crippen LogP contribution is -2.45. The fraction of sp³-hybridized carbons (Fsp3) is 0.429. The van der Waals surface area contributed by atoms with Gasteiger partial charge in [-0.1, -0.05) is 11.8 Å². The van der Waals surface area contributed by atoms with Crippen molar-refractivity contribution in [1.82, 2.24) is 10.6 Å². The Morgan fingerprint density at radius 1 is 1.40 bits per heavy atom. The predicted molar refractivity (Wildman–Crippen MR) is 78.5 cm³/mol. The lowest BCUT2D eigenvalue weighted by atomic mass is 10.1. The number of nitrogens with one attached hydrogen (secondary N) is 2. The van der Waals surface area contributed by atoms with Crippen LogP contribution in [0, 0.1) is 11.8 Å². The van der Waals surface area contributed by atoms with Gasteiger partial charge in [-0.15, -0.1) is 11.3 Å². The Balaban J connectivity index is 2.60. The molecule has 0 saturated heterocycles. The summed E-state index contributed by atoms with van der Waals surface area (Å²) in [7, 11) is 0. The monoisotopic (exact) mass is 294 g/mol. The molecule has 0 unspecified atom stereocenters. The minimum atomic E-state index is -0.341. The third-order valence-corrected chi connectivity index (χ3v) is 3.01. The van der Waals surface area contributed by atoms with Gasteiger partial charge in [0.05, 0.1) is 6.54 Å². The van der Waals surface area contributed by atoms with Crippen LogP contribution in [0.5, 0.6) is 0 Å². The van der Waals surface area contributed by atoms with Crippen molar-refractivity contribution in [3.63, 3.8) is 0 Å². The van der Waals surface area contributed by atoms with Gasteiger partial charge in [0.25, 0.3) is 5.91 Å². The van der Waals surface area contributed by atoms with Gasteiger partial charge in [0, 0.05) is 11.1 Å². The number of hydrogen-bond acceptors (Lipinski definition) is 4. The van der Waals surface area contributed by atoms with E-state index in [9.17, 15) is 9.59 Å². The maximum absolute atomic E-state index is 11.9.